The van der Waals surface area contributed by atoms with Gasteiger partial charge in [-0.1, -0.05) is 83.9 Å². The van der Waals surface area contributed by atoms with E-state index in [1.54, 1.807) is 54.6 Å². The quantitative estimate of drug-likeness (QED) is 0.255. The molecule has 0 spiro atoms. The summed E-state index contributed by atoms with van der Waals surface area (Å²) in [6.45, 7) is 0. The van der Waals surface area contributed by atoms with Crippen molar-refractivity contribution < 1.29 is 13.2 Å². The molecule has 4 aromatic rings. The van der Waals surface area contributed by atoms with Crippen LogP contribution in [0.5, 0.6) is 0 Å². The zero-order valence-electron chi connectivity index (χ0n) is 19.2. The maximum absolute atomic E-state index is 13.8. The zero-order chi connectivity index (χ0) is 26.0. The first-order valence-electron chi connectivity index (χ1n) is 11.3. The van der Waals surface area contributed by atoms with Gasteiger partial charge in [0.2, 0.25) is 5.95 Å². The molecular formula is C28H19Cl2F3N4. The number of hydrogen-bond donors (Lipinski definition) is 0. The van der Waals surface area contributed by atoms with Crippen LogP contribution >= 0.6 is 23.2 Å². The summed E-state index contributed by atoms with van der Waals surface area (Å²) in [4.78, 5) is 8.38. The molecule has 0 radical (unpaired) electrons. The molecule has 5 rings (SSSR count). The van der Waals surface area contributed by atoms with Crippen LogP contribution in [-0.2, 0) is 6.18 Å². The minimum atomic E-state index is -4.66. The van der Waals surface area contributed by atoms with Crippen LogP contribution in [0.2, 0.25) is 10.0 Å². The first-order chi connectivity index (χ1) is 17.8. The first-order valence-corrected chi connectivity index (χ1v) is 12.1. The first kappa shape index (κ1) is 25.0. The number of anilines is 1. The largest absolute Gasteiger partial charge is 0.433 e. The number of hydrazone groups is 1. The summed E-state index contributed by atoms with van der Waals surface area (Å²) in [6.07, 6.45) is -0.512. The monoisotopic (exact) mass is 538 g/mol. The van der Waals surface area contributed by atoms with Crippen LogP contribution in [-0.4, -0.2) is 15.7 Å². The van der Waals surface area contributed by atoms with E-state index in [-0.39, 0.29) is 11.6 Å². The Labute approximate surface area is 221 Å². The van der Waals surface area contributed by atoms with Gasteiger partial charge < -0.3 is 0 Å². The van der Waals surface area contributed by atoms with Gasteiger partial charge >= 0.3 is 6.18 Å². The van der Waals surface area contributed by atoms with E-state index < -0.39 is 17.9 Å². The summed E-state index contributed by atoms with van der Waals surface area (Å²) >= 11 is 12.0. The van der Waals surface area contributed by atoms with E-state index in [1.807, 2.05) is 36.4 Å². The van der Waals surface area contributed by atoms with Crippen molar-refractivity contribution >= 4 is 40.9 Å². The SMILES string of the molecule is FC(F)(F)c1cc(-c2ccccc2)nc(N2N=C(/C=C/c3ccc(Cl)cc3)CC2c2ccc(Cl)cc2)n1. The number of aromatic nitrogens is 2. The third-order valence-electron chi connectivity index (χ3n) is 5.81. The van der Waals surface area contributed by atoms with Gasteiger partial charge in [-0.05, 0) is 47.5 Å². The Kier molecular flexibility index (Phi) is 7.00. The van der Waals surface area contributed by atoms with Crippen molar-refractivity contribution in [3.63, 3.8) is 0 Å². The van der Waals surface area contributed by atoms with E-state index in [9.17, 15) is 13.2 Å². The Morgan fingerprint density at radius 2 is 1.46 bits per heavy atom. The normalized spacial score (nSPS) is 15.9. The molecule has 1 aliphatic heterocycles. The number of halogens is 5. The Hall–Kier alpha value is -3.68. The van der Waals surface area contributed by atoms with Crippen molar-refractivity contribution in [1.82, 2.24) is 9.97 Å². The molecule has 186 valence electrons. The molecule has 0 saturated carbocycles. The highest BCUT2D eigenvalue weighted by Gasteiger charge is 2.36. The molecule has 1 aliphatic rings. The second-order valence-electron chi connectivity index (χ2n) is 8.39. The van der Waals surface area contributed by atoms with Gasteiger partial charge in [0.25, 0.3) is 0 Å². The van der Waals surface area contributed by atoms with Crippen molar-refractivity contribution in [3.05, 3.63) is 118 Å². The summed E-state index contributed by atoms with van der Waals surface area (Å²) in [7, 11) is 0. The van der Waals surface area contributed by atoms with Crippen LogP contribution in [0.4, 0.5) is 19.1 Å². The molecule has 37 heavy (non-hydrogen) atoms. The van der Waals surface area contributed by atoms with Crippen LogP contribution in [0, 0.1) is 0 Å². The number of hydrogen-bond acceptors (Lipinski definition) is 4. The van der Waals surface area contributed by atoms with Gasteiger partial charge in [0.15, 0.2) is 5.69 Å². The minimum Gasteiger partial charge on any atom is -0.223 e. The van der Waals surface area contributed by atoms with Crippen LogP contribution in [0.3, 0.4) is 0 Å². The summed E-state index contributed by atoms with van der Waals surface area (Å²) < 4.78 is 41.5. The van der Waals surface area contributed by atoms with Crippen molar-refractivity contribution in [2.75, 3.05) is 5.01 Å². The van der Waals surface area contributed by atoms with Gasteiger partial charge in [0.05, 0.1) is 17.4 Å². The van der Waals surface area contributed by atoms with Crippen LogP contribution in [0.25, 0.3) is 17.3 Å². The highest BCUT2D eigenvalue weighted by Crippen LogP contribution is 2.37. The lowest BCUT2D eigenvalue weighted by Crippen LogP contribution is -2.22. The predicted octanol–water partition coefficient (Wildman–Crippen LogP) is 8.49. The summed E-state index contributed by atoms with van der Waals surface area (Å²) in [5, 5.41) is 7.27. The minimum absolute atomic E-state index is 0.136. The van der Waals surface area contributed by atoms with Crippen LogP contribution < -0.4 is 5.01 Å². The second-order valence-corrected chi connectivity index (χ2v) is 9.27. The zero-order valence-corrected chi connectivity index (χ0v) is 20.7. The van der Waals surface area contributed by atoms with Crippen molar-refractivity contribution in [2.45, 2.75) is 18.6 Å². The van der Waals surface area contributed by atoms with Gasteiger partial charge in [0, 0.05) is 22.0 Å². The maximum Gasteiger partial charge on any atom is 0.433 e. The van der Waals surface area contributed by atoms with Gasteiger partial charge in [0.1, 0.15) is 0 Å². The highest BCUT2D eigenvalue weighted by atomic mass is 35.5. The van der Waals surface area contributed by atoms with Crippen LogP contribution in [0.15, 0.2) is 96.1 Å². The average Bonchev–Trinajstić information content (AvgIpc) is 3.33. The summed E-state index contributed by atoms with van der Waals surface area (Å²) in [5.74, 6) is -0.136. The van der Waals surface area contributed by atoms with E-state index in [2.05, 4.69) is 15.1 Å². The molecule has 0 aliphatic carbocycles. The standard InChI is InChI=1S/C28H19Cl2F3N4/c29-21-11-6-18(7-12-21)8-15-23-16-25(20-9-13-22(30)14-10-20)37(36-23)27-34-24(19-4-2-1-3-5-19)17-26(35-27)28(31,32)33/h1-15,17,25H,16H2/b15-8+. The molecule has 1 unspecified atom stereocenters. The molecule has 0 amide bonds. The molecule has 3 aromatic carbocycles. The fraction of sp³-hybridized carbons (Fsp3) is 0.107. The Morgan fingerprint density at radius 1 is 0.811 bits per heavy atom. The maximum atomic E-state index is 13.8. The summed E-state index contributed by atoms with van der Waals surface area (Å²) in [6, 6.07) is 23.6. The molecule has 9 heteroatoms. The molecule has 0 N–H and O–H groups in total. The average molecular weight is 539 g/mol. The third-order valence-corrected chi connectivity index (χ3v) is 6.31. The van der Waals surface area contributed by atoms with Gasteiger partial charge in [-0.25, -0.2) is 15.0 Å². The molecule has 2 heterocycles. The van der Waals surface area contributed by atoms with Crippen molar-refractivity contribution in [2.24, 2.45) is 5.10 Å². The molecule has 1 aromatic heterocycles. The fourth-order valence-electron chi connectivity index (χ4n) is 3.97. The lowest BCUT2D eigenvalue weighted by atomic mass is 10.0. The van der Waals surface area contributed by atoms with E-state index in [0.717, 1.165) is 17.2 Å². The molecule has 0 fully saturated rings. The predicted molar refractivity (Wildman–Crippen MR) is 142 cm³/mol. The topological polar surface area (TPSA) is 41.4 Å². The van der Waals surface area contributed by atoms with E-state index in [1.165, 1.54) is 5.01 Å². The molecule has 0 saturated heterocycles. The lowest BCUT2D eigenvalue weighted by Gasteiger charge is -2.23. The molecule has 4 nitrogen and oxygen atoms in total. The number of nitrogens with zero attached hydrogens (tertiary/aromatic N) is 4. The third kappa shape index (κ3) is 5.84. The molecule has 0 bridgehead atoms. The molecule has 1 atom stereocenters. The van der Waals surface area contributed by atoms with Crippen molar-refractivity contribution in [1.29, 1.82) is 0 Å². The van der Waals surface area contributed by atoms with Gasteiger partial charge in [-0.3, -0.25) is 0 Å². The van der Waals surface area contributed by atoms with Gasteiger partial charge in [-0.2, -0.15) is 18.3 Å². The Balaban J connectivity index is 1.59. The number of alkyl halides is 3. The number of allylic oxidation sites excluding steroid dienone is 1. The van der Waals surface area contributed by atoms with Crippen LogP contribution in [0.1, 0.15) is 29.3 Å². The number of rotatable bonds is 5. The Morgan fingerprint density at radius 3 is 2.11 bits per heavy atom. The lowest BCUT2D eigenvalue weighted by molar-refractivity contribution is -0.141. The smallest absolute Gasteiger partial charge is 0.223 e. The van der Waals surface area contributed by atoms with E-state index >= 15 is 0 Å². The van der Waals surface area contributed by atoms with Gasteiger partial charge in [-0.15, -0.1) is 0 Å². The van der Waals surface area contributed by atoms with E-state index in [4.69, 9.17) is 23.2 Å². The van der Waals surface area contributed by atoms with E-state index in [0.29, 0.717) is 27.7 Å². The molecular weight excluding hydrogens is 520 g/mol. The fourth-order valence-corrected chi connectivity index (χ4v) is 4.22. The Bertz CT molecular complexity index is 1450. The number of benzene rings is 3. The van der Waals surface area contributed by atoms with Crippen molar-refractivity contribution in [3.8, 4) is 11.3 Å². The second kappa shape index (κ2) is 10.4. The summed E-state index contributed by atoms with van der Waals surface area (Å²) in [5.41, 5.74) is 2.07. The highest BCUT2D eigenvalue weighted by molar-refractivity contribution is 6.30.